The third-order valence-corrected chi connectivity index (χ3v) is 3.43. The van der Waals surface area contributed by atoms with Crippen LogP contribution in [0.15, 0.2) is 18.2 Å². The van der Waals surface area contributed by atoms with E-state index in [1.54, 1.807) is 10.6 Å². The molecule has 108 valence electrons. The molecule has 1 unspecified atom stereocenters. The smallest absolute Gasteiger partial charge is 0.240 e. The Balaban J connectivity index is 2.71. The minimum Gasteiger partial charge on any atom is -0.368 e. The van der Waals surface area contributed by atoms with Gasteiger partial charge in [-0.25, -0.2) is 9.37 Å². The topological polar surface area (TPSA) is 60.9 Å². The Morgan fingerprint density at radius 2 is 2.20 bits per heavy atom. The molecule has 0 aliphatic carbocycles. The fraction of sp³-hybridized carbons (Fsp3) is 0.429. The molecular formula is C14H17ClFN3O. The Morgan fingerprint density at radius 1 is 1.50 bits per heavy atom. The zero-order valence-electron chi connectivity index (χ0n) is 11.4. The highest BCUT2D eigenvalue weighted by Crippen LogP contribution is 2.27. The fourth-order valence-electron chi connectivity index (χ4n) is 2.44. The van der Waals surface area contributed by atoms with Crippen molar-refractivity contribution in [3.8, 4) is 0 Å². The molecule has 6 heteroatoms. The van der Waals surface area contributed by atoms with E-state index in [0.717, 1.165) is 0 Å². The molecule has 0 spiro atoms. The number of nitrogens with zero attached hydrogens (tertiary/aromatic N) is 2. The van der Waals surface area contributed by atoms with E-state index in [1.807, 2.05) is 13.8 Å². The van der Waals surface area contributed by atoms with Gasteiger partial charge in [-0.2, -0.15) is 0 Å². The highest BCUT2D eigenvalue weighted by molar-refractivity contribution is 6.17. The Labute approximate surface area is 121 Å². The van der Waals surface area contributed by atoms with Crippen LogP contribution in [0, 0.1) is 11.7 Å². The van der Waals surface area contributed by atoms with E-state index in [4.69, 9.17) is 17.3 Å². The average Bonchev–Trinajstić information content (AvgIpc) is 2.68. The number of amides is 1. The SMILES string of the molecule is CC(C)C(C(N)=O)n1c(CCCl)nc2ccc(F)cc21. The van der Waals surface area contributed by atoms with E-state index < -0.39 is 11.9 Å². The van der Waals surface area contributed by atoms with Crippen molar-refractivity contribution in [1.29, 1.82) is 0 Å². The predicted molar refractivity (Wildman–Crippen MR) is 77.2 cm³/mol. The van der Waals surface area contributed by atoms with E-state index in [-0.39, 0.29) is 11.7 Å². The van der Waals surface area contributed by atoms with Gasteiger partial charge in [-0.15, -0.1) is 11.6 Å². The molecule has 1 atom stereocenters. The van der Waals surface area contributed by atoms with E-state index in [0.29, 0.717) is 29.2 Å². The second-order valence-electron chi connectivity index (χ2n) is 5.06. The Hall–Kier alpha value is -1.62. The van der Waals surface area contributed by atoms with E-state index >= 15 is 0 Å². The van der Waals surface area contributed by atoms with Gasteiger partial charge in [0.1, 0.15) is 17.7 Å². The van der Waals surface area contributed by atoms with Crippen molar-refractivity contribution in [3.63, 3.8) is 0 Å². The summed E-state index contributed by atoms with van der Waals surface area (Å²) in [5.74, 6) is 0.165. The summed E-state index contributed by atoms with van der Waals surface area (Å²) in [7, 11) is 0. The summed E-state index contributed by atoms with van der Waals surface area (Å²) in [6.45, 7) is 3.79. The number of primary amides is 1. The van der Waals surface area contributed by atoms with Gasteiger partial charge in [-0.3, -0.25) is 4.79 Å². The molecule has 2 aromatic rings. The minimum atomic E-state index is -0.569. The normalized spacial score (nSPS) is 13.1. The van der Waals surface area contributed by atoms with E-state index in [9.17, 15) is 9.18 Å². The number of aromatic nitrogens is 2. The summed E-state index contributed by atoms with van der Waals surface area (Å²) in [4.78, 5) is 16.2. The van der Waals surface area contributed by atoms with Gasteiger partial charge in [0.25, 0.3) is 0 Å². The van der Waals surface area contributed by atoms with Crippen molar-refractivity contribution in [2.24, 2.45) is 11.7 Å². The highest BCUT2D eigenvalue weighted by atomic mass is 35.5. The molecule has 0 saturated carbocycles. The van der Waals surface area contributed by atoms with Gasteiger partial charge >= 0.3 is 0 Å². The second kappa shape index (κ2) is 5.79. The summed E-state index contributed by atoms with van der Waals surface area (Å²) in [5, 5.41) is 0. The first kappa shape index (κ1) is 14.8. The minimum absolute atomic E-state index is 0.0257. The number of carbonyl (C=O) groups is 1. The maximum Gasteiger partial charge on any atom is 0.240 e. The number of imidazole rings is 1. The van der Waals surface area contributed by atoms with Crippen molar-refractivity contribution < 1.29 is 9.18 Å². The zero-order chi connectivity index (χ0) is 14.9. The van der Waals surface area contributed by atoms with Gasteiger partial charge in [0.05, 0.1) is 11.0 Å². The van der Waals surface area contributed by atoms with Gasteiger partial charge in [0, 0.05) is 12.3 Å². The Kier molecular flexibility index (Phi) is 4.28. The third kappa shape index (κ3) is 2.63. The molecule has 4 nitrogen and oxygen atoms in total. The maximum atomic E-state index is 13.5. The lowest BCUT2D eigenvalue weighted by Gasteiger charge is -2.22. The summed E-state index contributed by atoms with van der Waals surface area (Å²) < 4.78 is 15.2. The number of fused-ring (bicyclic) bond motifs is 1. The van der Waals surface area contributed by atoms with Crippen LogP contribution in [-0.2, 0) is 11.2 Å². The quantitative estimate of drug-likeness (QED) is 0.862. The van der Waals surface area contributed by atoms with Crippen molar-refractivity contribution in [2.45, 2.75) is 26.3 Å². The lowest BCUT2D eigenvalue weighted by molar-refractivity contribution is -0.122. The molecule has 1 aromatic carbocycles. The number of hydrogen-bond donors (Lipinski definition) is 1. The number of alkyl halides is 1. The predicted octanol–water partition coefficient (Wildman–Crippen LogP) is 2.64. The van der Waals surface area contributed by atoms with Gasteiger partial charge in [-0.1, -0.05) is 13.8 Å². The Bertz CT molecular complexity index is 639. The molecule has 1 heterocycles. The number of benzene rings is 1. The first-order chi connectivity index (χ1) is 9.45. The van der Waals surface area contributed by atoms with Crippen molar-refractivity contribution >= 4 is 28.5 Å². The van der Waals surface area contributed by atoms with Gasteiger partial charge in [-0.05, 0) is 24.1 Å². The van der Waals surface area contributed by atoms with Crippen LogP contribution >= 0.6 is 11.6 Å². The standard InChI is InChI=1S/C14H17ClFN3O/c1-8(2)13(14(17)20)19-11-7-9(16)3-4-10(11)18-12(19)5-6-15/h3-4,7-8,13H,5-6H2,1-2H3,(H2,17,20). The van der Waals surface area contributed by atoms with Crippen molar-refractivity contribution in [3.05, 3.63) is 29.8 Å². The first-order valence-corrected chi connectivity index (χ1v) is 7.00. The van der Waals surface area contributed by atoms with Gasteiger partial charge in [0.2, 0.25) is 5.91 Å². The molecule has 2 rings (SSSR count). The molecule has 0 radical (unpaired) electrons. The maximum absolute atomic E-state index is 13.5. The fourth-order valence-corrected chi connectivity index (χ4v) is 2.61. The monoisotopic (exact) mass is 297 g/mol. The third-order valence-electron chi connectivity index (χ3n) is 3.24. The number of halogens is 2. The molecule has 0 fully saturated rings. The second-order valence-corrected chi connectivity index (χ2v) is 5.44. The number of carbonyl (C=O) groups excluding carboxylic acids is 1. The van der Waals surface area contributed by atoms with Crippen LogP contribution in [-0.4, -0.2) is 21.3 Å². The molecule has 0 aliphatic rings. The number of aryl methyl sites for hydroxylation is 1. The molecule has 0 bridgehead atoms. The summed E-state index contributed by atoms with van der Waals surface area (Å²) >= 11 is 5.79. The van der Waals surface area contributed by atoms with E-state index in [2.05, 4.69) is 4.98 Å². The number of rotatable bonds is 5. The largest absolute Gasteiger partial charge is 0.368 e. The van der Waals surface area contributed by atoms with Crippen LogP contribution < -0.4 is 5.73 Å². The van der Waals surface area contributed by atoms with Crippen LogP contribution in [0.2, 0.25) is 0 Å². The molecule has 0 aliphatic heterocycles. The molecule has 1 aromatic heterocycles. The van der Waals surface area contributed by atoms with Crippen LogP contribution in [0.3, 0.4) is 0 Å². The summed E-state index contributed by atoms with van der Waals surface area (Å²) in [5.41, 5.74) is 6.72. The van der Waals surface area contributed by atoms with Crippen LogP contribution in [0.25, 0.3) is 11.0 Å². The van der Waals surface area contributed by atoms with E-state index in [1.165, 1.54) is 12.1 Å². The first-order valence-electron chi connectivity index (χ1n) is 6.47. The zero-order valence-corrected chi connectivity index (χ0v) is 12.2. The Morgan fingerprint density at radius 3 is 2.75 bits per heavy atom. The molecule has 1 amide bonds. The average molecular weight is 298 g/mol. The lowest BCUT2D eigenvalue weighted by Crippen LogP contribution is -2.31. The van der Waals surface area contributed by atoms with Crippen molar-refractivity contribution in [2.75, 3.05) is 5.88 Å². The van der Waals surface area contributed by atoms with Crippen LogP contribution in [0.1, 0.15) is 25.7 Å². The molecule has 2 N–H and O–H groups in total. The summed E-state index contributed by atoms with van der Waals surface area (Å²) in [6.07, 6.45) is 0.494. The lowest BCUT2D eigenvalue weighted by atomic mass is 10.0. The number of hydrogen-bond acceptors (Lipinski definition) is 2. The molecular weight excluding hydrogens is 281 g/mol. The van der Waals surface area contributed by atoms with Gasteiger partial charge in [0.15, 0.2) is 0 Å². The number of nitrogens with two attached hydrogens (primary N) is 1. The van der Waals surface area contributed by atoms with Crippen LogP contribution in [0.5, 0.6) is 0 Å². The van der Waals surface area contributed by atoms with Crippen LogP contribution in [0.4, 0.5) is 4.39 Å². The molecule has 20 heavy (non-hydrogen) atoms. The van der Waals surface area contributed by atoms with Gasteiger partial charge < -0.3 is 10.3 Å². The molecule has 0 saturated heterocycles. The highest BCUT2D eigenvalue weighted by Gasteiger charge is 2.26. The van der Waals surface area contributed by atoms with Crippen molar-refractivity contribution in [1.82, 2.24) is 9.55 Å². The summed E-state index contributed by atoms with van der Waals surface area (Å²) in [6, 6.07) is 3.74.